The molecule has 8 rings (SSSR count). The van der Waals surface area contributed by atoms with Crippen molar-refractivity contribution in [3.05, 3.63) is 86.8 Å². The van der Waals surface area contributed by atoms with Crippen molar-refractivity contribution in [3.63, 3.8) is 0 Å². The minimum absolute atomic E-state index is 0.00894. The smallest absolute Gasteiger partial charge is 0.305 e. The van der Waals surface area contributed by atoms with Gasteiger partial charge in [-0.25, -0.2) is 0 Å². The maximum absolute atomic E-state index is 14.0. The van der Waals surface area contributed by atoms with Gasteiger partial charge in [0.25, 0.3) is 5.91 Å². The lowest BCUT2D eigenvalue weighted by Gasteiger charge is -2.43. The molecule has 13 heteroatoms. The van der Waals surface area contributed by atoms with Crippen LogP contribution in [0.4, 0.5) is 11.4 Å². The Morgan fingerprint density at radius 1 is 0.938 bits per heavy atom. The third-order valence-corrected chi connectivity index (χ3v) is 12.7. The number of fused-ring (bicyclic) bond motifs is 9. The van der Waals surface area contributed by atoms with E-state index in [1.54, 1.807) is 61.3 Å². The largest absolute Gasteiger partial charge is 0.508 e. The van der Waals surface area contributed by atoms with Crippen LogP contribution in [0.5, 0.6) is 23.0 Å². The average molecular weight is 686 g/mol. The van der Waals surface area contributed by atoms with Crippen LogP contribution in [0.15, 0.2) is 76.6 Å². The molecule has 0 spiro atoms. The van der Waals surface area contributed by atoms with Gasteiger partial charge >= 0.3 is 4.87 Å². The number of rotatable bonds is 8. The number of nitrogens with one attached hydrogen (secondary N) is 2. The summed E-state index contributed by atoms with van der Waals surface area (Å²) >= 11 is 2.82. The Kier molecular flexibility index (Phi) is 7.48. The van der Waals surface area contributed by atoms with Crippen LogP contribution in [0.3, 0.4) is 0 Å². The van der Waals surface area contributed by atoms with Crippen molar-refractivity contribution >= 4 is 52.2 Å². The summed E-state index contributed by atoms with van der Waals surface area (Å²) in [6.45, 7) is -0.265. The molecule has 0 radical (unpaired) electrons. The number of phenolic OH excluding ortho intramolecular Hbond substituents is 1. The number of hydrogen-bond donors (Lipinski definition) is 3. The van der Waals surface area contributed by atoms with Gasteiger partial charge in [-0.2, -0.15) is 0 Å². The molecule has 3 heterocycles. The molecular formula is C35H31N3O8S2. The summed E-state index contributed by atoms with van der Waals surface area (Å²) in [4.78, 5) is 58.4. The number of aromatic nitrogens is 1. The van der Waals surface area contributed by atoms with Gasteiger partial charge in [0.15, 0.2) is 18.1 Å². The second-order valence-corrected chi connectivity index (χ2v) is 14.7. The molecule has 3 fully saturated rings. The Balaban J connectivity index is 1.08. The number of hydrogen-bond acceptors (Lipinski definition) is 10. The number of imide groups is 1. The van der Waals surface area contributed by atoms with E-state index < -0.39 is 11.8 Å². The fourth-order valence-electron chi connectivity index (χ4n) is 8.26. The number of thiazole rings is 1. The number of thioether (sulfide) groups is 1. The molecular weight excluding hydrogens is 655 g/mol. The van der Waals surface area contributed by atoms with Gasteiger partial charge in [0.1, 0.15) is 11.5 Å². The number of aromatic hydroxyl groups is 1. The molecule has 1 saturated heterocycles. The Morgan fingerprint density at radius 3 is 2.38 bits per heavy atom. The quantitative estimate of drug-likeness (QED) is 0.175. The summed E-state index contributed by atoms with van der Waals surface area (Å²) in [6, 6.07) is 18.7. The highest BCUT2D eigenvalue weighted by Crippen LogP contribution is 2.68. The minimum atomic E-state index is -0.428. The van der Waals surface area contributed by atoms with Crippen molar-refractivity contribution in [1.29, 1.82) is 0 Å². The lowest BCUT2D eigenvalue weighted by Crippen LogP contribution is -2.42. The predicted octanol–water partition coefficient (Wildman–Crippen LogP) is 4.85. The number of H-pyrrole nitrogens is 1. The van der Waals surface area contributed by atoms with E-state index >= 15 is 0 Å². The molecule has 4 aromatic rings. The predicted molar refractivity (Wildman–Crippen MR) is 179 cm³/mol. The van der Waals surface area contributed by atoms with E-state index in [4.69, 9.17) is 14.2 Å². The van der Waals surface area contributed by atoms with Gasteiger partial charge in [-0.15, -0.1) is 11.8 Å². The van der Waals surface area contributed by atoms with Crippen LogP contribution < -0.4 is 29.3 Å². The standard InChI is InChI=1S/C35H31N3O8S2/c1-44-20-10-6-18(7-11-20)38-33(41)28-21-14-22(29(28)34(38)42)30-27(21)26(31-32(47-30)37-35(43)48-31)16-3-12-23(24(13-16)45-2)46-15-25(40)36-17-4-8-19(39)9-5-17/h3-13,21-22,26-30,39H,14-15H2,1-2H3,(H,36,40)(H,37,43)/t21?,22?,26-,27?,28?,29?,30?/m1/s1. The number of aromatic amines is 1. The maximum atomic E-state index is 14.0. The molecule has 3 N–H and O–H groups in total. The topological polar surface area (TPSA) is 147 Å². The summed E-state index contributed by atoms with van der Waals surface area (Å²) in [5.74, 6) is -0.205. The van der Waals surface area contributed by atoms with E-state index in [2.05, 4.69) is 10.3 Å². The Labute approximate surface area is 283 Å². The first kappa shape index (κ1) is 30.6. The molecule has 1 aromatic heterocycles. The average Bonchev–Trinajstić information content (AvgIpc) is 3.83. The van der Waals surface area contributed by atoms with Crippen molar-refractivity contribution in [2.75, 3.05) is 31.0 Å². The molecule has 3 aromatic carbocycles. The van der Waals surface area contributed by atoms with Crippen LogP contribution in [0.25, 0.3) is 0 Å². The number of nitrogens with zero attached hydrogens (tertiary/aromatic N) is 1. The highest BCUT2D eigenvalue weighted by atomic mass is 32.2. The van der Waals surface area contributed by atoms with Gasteiger partial charge in [0.2, 0.25) is 11.8 Å². The van der Waals surface area contributed by atoms with Crippen LogP contribution in [-0.2, 0) is 14.4 Å². The van der Waals surface area contributed by atoms with E-state index in [0.29, 0.717) is 28.6 Å². The first-order valence-electron chi connectivity index (χ1n) is 15.6. The molecule has 2 aliphatic carbocycles. The fourth-order valence-corrected chi connectivity index (χ4v) is 11.1. The number of carbonyl (C=O) groups excluding carboxylic acids is 3. The van der Waals surface area contributed by atoms with Crippen LogP contribution in [0.2, 0.25) is 0 Å². The number of amides is 3. The van der Waals surface area contributed by atoms with Crippen LogP contribution in [0, 0.1) is 29.6 Å². The normalized spacial score (nSPS) is 26.5. The van der Waals surface area contributed by atoms with Gasteiger partial charge in [-0.05, 0) is 90.4 Å². The molecule has 2 bridgehead atoms. The molecule has 3 amide bonds. The Morgan fingerprint density at radius 2 is 1.67 bits per heavy atom. The van der Waals surface area contributed by atoms with Crippen LogP contribution in [0.1, 0.15) is 22.8 Å². The first-order chi connectivity index (χ1) is 23.2. The van der Waals surface area contributed by atoms with Crippen LogP contribution >= 0.6 is 23.1 Å². The van der Waals surface area contributed by atoms with Crippen molar-refractivity contribution < 1.29 is 33.7 Å². The third-order valence-electron chi connectivity index (χ3n) is 10.1. The van der Waals surface area contributed by atoms with Crippen molar-refractivity contribution in [2.24, 2.45) is 29.6 Å². The summed E-state index contributed by atoms with van der Waals surface area (Å²) in [7, 11) is 3.10. The molecule has 246 valence electrons. The van der Waals surface area contributed by atoms with Crippen molar-refractivity contribution in [1.82, 2.24) is 4.98 Å². The summed E-state index contributed by atoms with van der Waals surface area (Å²) in [6.07, 6.45) is 0.774. The van der Waals surface area contributed by atoms with E-state index in [0.717, 1.165) is 21.9 Å². The van der Waals surface area contributed by atoms with Gasteiger partial charge in [-0.3, -0.25) is 24.1 Å². The molecule has 4 aliphatic rings. The highest BCUT2D eigenvalue weighted by Gasteiger charge is 2.69. The minimum Gasteiger partial charge on any atom is -0.508 e. The molecule has 2 saturated carbocycles. The van der Waals surface area contributed by atoms with E-state index in [1.165, 1.54) is 35.5 Å². The molecule has 7 atom stereocenters. The number of ether oxygens (including phenoxy) is 3. The zero-order valence-corrected chi connectivity index (χ0v) is 27.5. The second-order valence-electron chi connectivity index (χ2n) is 12.5. The number of phenols is 1. The second kappa shape index (κ2) is 11.7. The number of benzene rings is 3. The number of anilines is 2. The Hall–Kier alpha value is -4.75. The summed E-state index contributed by atoms with van der Waals surface area (Å²) < 4.78 is 16.8. The summed E-state index contributed by atoms with van der Waals surface area (Å²) in [5.41, 5.74) is 1.98. The van der Waals surface area contributed by atoms with Crippen molar-refractivity contribution in [2.45, 2.75) is 22.6 Å². The third kappa shape index (κ3) is 4.86. The number of methoxy groups -OCH3 is 2. The van der Waals surface area contributed by atoms with Crippen LogP contribution in [-0.4, -0.2) is 53.9 Å². The van der Waals surface area contributed by atoms with Gasteiger partial charge in [-0.1, -0.05) is 17.4 Å². The van der Waals surface area contributed by atoms with Gasteiger partial charge in [0.05, 0.1) is 36.8 Å². The van der Waals surface area contributed by atoms with E-state index in [-0.39, 0.29) is 63.9 Å². The molecule has 11 nitrogen and oxygen atoms in total. The number of carbonyl (C=O) groups is 3. The van der Waals surface area contributed by atoms with Gasteiger partial charge in [0, 0.05) is 21.7 Å². The monoisotopic (exact) mass is 685 g/mol. The lowest BCUT2D eigenvalue weighted by molar-refractivity contribution is -0.123. The fraction of sp³-hybridized carbons (Fsp3) is 0.314. The zero-order valence-electron chi connectivity index (χ0n) is 25.9. The highest BCUT2D eigenvalue weighted by molar-refractivity contribution is 8.00. The zero-order chi connectivity index (χ0) is 33.3. The van der Waals surface area contributed by atoms with E-state index in [1.807, 2.05) is 12.1 Å². The first-order valence-corrected chi connectivity index (χ1v) is 17.3. The SMILES string of the molecule is COc1ccc(N2C(=O)C3C4CC(C3C2=O)C2C4Sc3[nH]c(=O)sc3[C@@H]2c2ccc(OCC(=O)Nc3ccc(O)cc3)c(OC)c2)cc1. The molecule has 48 heavy (non-hydrogen) atoms. The maximum Gasteiger partial charge on any atom is 0.305 e. The van der Waals surface area contributed by atoms with E-state index in [9.17, 15) is 24.3 Å². The molecule has 6 unspecified atom stereocenters. The Bertz CT molecular complexity index is 1990. The lowest BCUT2D eigenvalue weighted by atomic mass is 9.68. The molecule has 2 aliphatic heterocycles. The van der Waals surface area contributed by atoms with Gasteiger partial charge < -0.3 is 29.6 Å². The summed E-state index contributed by atoms with van der Waals surface area (Å²) in [5, 5.41) is 13.1. The van der Waals surface area contributed by atoms with Crippen molar-refractivity contribution in [3.8, 4) is 23.0 Å².